The van der Waals surface area contributed by atoms with E-state index < -0.39 is 0 Å². The molecule has 0 radical (unpaired) electrons. The lowest BCUT2D eigenvalue weighted by atomic mass is 9.74. The summed E-state index contributed by atoms with van der Waals surface area (Å²) in [4.78, 5) is 0. The molecule has 0 heteroatoms. The normalized spacial score (nSPS) is 53.0. The molecule has 0 amide bonds. The molecule has 0 aromatic rings. The minimum absolute atomic E-state index is 0.731. The third kappa shape index (κ3) is 1.33. The first-order valence-corrected chi connectivity index (χ1v) is 7.12. The molecule has 2 saturated carbocycles. The largest absolute Gasteiger partial charge is 0.0654 e. The van der Waals surface area contributed by atoms with Gasteiger partial charge in [0.05, 0.1) is 0 Å². The summed E-state index contributed by atoms with van der Waals surface area (Å²) >= 11 is 0. The van der Waals surface area contributed by atoms with E-state index in [0.29, 0.717) is 0 Å². The summed E-state index contributed by atoms with van der Waals surface area (Å²) in [6, 6.07) is 0. The first-order valence-electron chi connectivity index (χ1n) is 7.12. The van der Waals surface area contributed by atoms with Gasteiger partial charge in [-0.3, -0.25) is 0 Å². The van der Waals surface area contributed by atoms with Crippen molar-refractivity contribution < 1.29 is 0 Å². The molecule has 0 aromatic carbocycles. The topological polar surface area (TPSA) is 0 Å². The number of fused-ring (bicyclic) bond motifs is 1. The molecule has 88 valence electrons. The predicted octanol–water partition coefficient (Wildman–Crippen LogP) is 4.74. The smallest absolute Gasteiger partial charge is 0.0232 e. The van der Waals surface area contributed by atoms with Crippen molar-refractivity contribution >= 4 is 0 Å². The van der Waals surface area contributed by atoms with Gasteiger partial charge in [0.1, 0.15) is 0 Å². The van der Waals surface area contributed by atoms with Crippen LogP contribution in [0.5, 0.6) is 0 Å². The van der Waals surface area contributed by atoms with Crippen molar-refractivity contribution in [1.82, 2.24) is 0 Å². The van der Waals surface area contributed by atoms with Gasteiger partial charge >= 0.3 is 0 Å². The lowest BCUT2D eigenvalue weighted by molar-refractivity contribution is 0.182. The lowest BCUT2D eigenvalue weighted by Gasteiger charge is -2.31. The zero-order chi connectivity index (χ0) is 11.2. The lowest BCUT2D eigenvalue weighted by Crippen LogP contribution is -2.23. The summed E-state index contributed by atoms with van der Waals surface area (Å²) in [5.41, 5.74) is 0.731. The maximum atomic E-state index is 2.58. The van der Waals surface area contributed by atoms with Crippen molar-refractivity contribution in [3.63, 3.8) is 0 Å². The van der Waals surface area contributed by atoms with E-state index in [4.69, 9.17) is 0 Å². The third-order valence-corrected chi connectivity index (χ3v) is 5.99. The Hall–Kier alpha value is 0. The van der Waals surface area contributed by atoms with E-state index in [1.54, 1.807) is 0 Å². The summed E-state index contributed by atoms with van der Waals surface area (Å²) in [5, 5.41) is 0. The molecule has 2 aliphatic carbocycles. The highest BCUT2D eigenvalue weighted by Gasteiger charge is 2.71. The summed E-state index contributed by atoms with van der Waals surface area (Å²) in [7, 11) is 0. The van der Waals surface area contributed by atoms with Crippen molar-refractivity contribution in [2.75, 3.05) is 0 Å². The van der Waals surface area contributed by atoms with Gasteiger partial charge in [0, 0.05) is 0 Å². The number of hydrogen-bond acceptors (Lipinski definition) is 0. The summed E-state index contributed by atoms with van der Waals surface area (Å²) < 4.78 is 0. The molecule has 15 heavy (non-hydrogen) atoms. The second kappa shape index (κ2) is 3.79. The van der Waals surface area contributed by atoms with Crippen LogP contribution in [0.1, 0.15) is 60.3 Å². The fourth-order valence-corrected chi connectivity index (χ4v) is 5.28. The summed E-state index contributed by atoms with van der Waals surface area (Å²) in [6.45, 7) is 12.3. The van der Waals surface area contributed by atoms with Gasteiger partial charge < -0.3 is 0 Å². The highest BCUT2D eigenvalue weighted by atomic mass is 14.8. The molecule has 0 bridgehead atoms. The van der Waals surface area contributed by atoms with Crippen molar-refractivity contribution in [3.8, 4) is 0 Å². The van der Waals surface area contributed by atoms with Gasteiger partial charge in [-0.05, 0) is 35.0 Å². The molecule has 0 aliphatic heterocycles. The highest BCUT2D eigenvalue weighted by Crippen LogP contribution is 2.76. The first kappa shape index (κ1) is 11.5. The van der Waals surface area contributed by atoms with Crippen LogP contribution in [0.15, 0.2) is 0 Å². The van der Waals surface area contributed by atoms with Crippen molar-refractivity contribution in [3.05, 3.63) is 0 Å². The molecule has 6 unspecified atom stereocenters. The molecule has 0 spiro atoms. The van der Waals surface area contributed by atoms with Gasteiger partial charge in [0.15, 0.2) is 0 Å². The van der Waals surface area contributed by atoms with E-state index in [9.17, 15) is 0 Å². The zero-order valence-corrected chi connectivity index (χ0v) is 11.2. The molecule has 6 atom stereocenters. The molecule has 2 rings (SSSR count). The minimum atomic E-state index is 0.731. The average molecular weight is 208 g/mol. The standard InChI is InChI=1S/C15H28/c1-6-9-12-11(7-2)14-10(4)15(14,5)13(12)8-3/h10-14H,6-9H2,1-5H3. The highest BCUT2D eigenvalue weighted by molar-refractivity contribution is 5.18. The van der Waals surface area contributed by atoms with E-state index in [2.05, 4.69) is 34.6 Å². The van der Waals surface area contributed by atoms with Gasteiger partial charge in [0.2, 0.25) is 0 Å². The van der Waals surface area contributed by atoms with E-state index in [1.165, 1.54) is 25.7 Å². The Kier molecular flexibility index (Phi) is 2.90. The Morgan fingerprint density at radius 2 is 1.67 bits per heavy atom. The number of hydrogen-bond donors (Lipinski definition) is 0. The van der Waals surface area contributed by atoms with E-state index in [0.717, 1.165) is 35.0 Å². The summed E-state index contributed by atoms with van der Waals surface area (Å²) in [5.74, 6) is 5.22. The van der Waals surface area contributed by atoms with Crippen LogP contribution in [0.4, 0.5) is 0 Å². The Morgan fingerprint density at radius 1 is 1.00 bits per heavy atom. The SMILES string of the molecule is CCCC1C(CC)C2C(C)C2(C)C1CC. The van der Waals surface area contributed by atoms with E-state index in [1.807, 2.05) is 0 Å². The van der Waals surface area contributed by atoms with Gasteiger partial charge in [0.25, 0.3) is 0 Å². The van der Waals surface area contributed by atoms with Gasteiger partial charge in [-0.1, -0.05) is 60.3 Å². The van der Waals surface area contributed by atoms with Gasteiger partial charge in [-0.2, -0.15) is 0 Å². The monoisotopic (exact) mass is 208 g/mol. The maximum Gasteiger partial charge on any atom is -0.0232 e. The fourth-order valence-electron chi connectivity index (χ4n) is 5.28. The van der Waals surface area contributed by atoms with Crippen LogP contribution < -0.4 is 0 Å². The van der Waals surface area contributed by atoms with Crippen LogP contribution in [0.2, 0.25) is 0 Å². The quantitative estimate of drug-likeness (QED) is 0.626. The minimum Gasteiger partial charge on any atom is -0.0654 e. The Labute approximate surface area is 95.8 Å². The maximum absolute atomic E-state index is 2.58. The Balaban J connectivity index is 2.19. The van der Waals surface area contributed by atoms with Crippen molar-refractivity contribution in [2.45, 2.75) is 60.3 Å². The molecule has 0 nitrogen and oxygen atoms in total. The van der Waals surface area contributed by atoms with Crippen LogP contribution in [-0.2, 0) is 0 Å². The Bertz CT molecular complexity index is 232. The first-order chi connectivity index (χ1) is 7.12. The molecular formula is C15H28. The van der Waals surface area contributed by atoms with Crippen molar-refractivity contribution in [1.29, 1.82) is 0 Å². The average Bonchev–Trinajstić information content (AvgIpc) is 2.66. The van der Waals surface area contributed by atoms with E-state index in [-0.39, 0.29) is 0 Å². The van der Waals surface area contributed by atoms with Gasteiger partial charge in [-0.25, -0.2) is 0 Å². The molecular weight excluding hydrogens is 180 g/mol. The fraction of sp³-hybridized carbons (Fsp3) is 1.00. The Morgan fingerprint density at radius 3 is 2.13 bits per heavy atom. The van der Waals surface area contributed by atoms with Crippen LogP contribution in [-0.4, -0.2) is 0 Å². The van der Waals surface area contributed by atoms with Crippen LogP contribution >= 0.6 is 0 Å². The zero-order valence-electron chi connectivity index (χ0n) is 11.2. The van der Waals surface area contributed by atoms with Crippen LogP contribution in [0.3, 0.4) is 0 Å². The molecule has 2 aliphatic rings. The predicted molar refractivity (Wildman–Crippen MR) is 66.7 cm³/mol. The van der Waals surface area contributed by atoms with E-state index >= 15 is 0 Å². The third-order valence-electron chi connectivity index (χ3n) is 5.99. The second-order valence-corrected chi connectivity index (χ2v) is 6.22. The molecule has 0 heterocycles. The molecule has 0 aromatic heterocycles. The molecule has 0 N–H and O–H groups in total. The second-order valence-electron chi connectivity index (χ2n) is 6.22. The van der Waals surface area contributed by atoms with Crippen LogP contribution in [0.25, 0.3) is 0 Å². The molecule has 0 saturated heterocycles. The number of rotatable bonds is 4. The van der Waals surface area contributed by atoms with Crippen molar-refractivity contribution in [2.24, 2.45) is 35.0 Å². The molecule has 2 fully saturated rings. The summed E-state index contributed by atoms with van der Waals surface area (Å²) in [6.07, 6.45) is 5.70. The van der Waals surface area contributed by atoms with Crippen LogP contribution in [0, 0.1) is 35.0 Å². The van der Waals surface area contributed by atoms with Gasteiger partial charge in [-0.15, -0.1) is 0 Å².